The number of carbonyl (C=O) groups is 1. The maximum atomic E-state index is 12.0. The largest absolute Gasteiger partial charge is 0.483 e. The predicted octanol–water partition coefficient (Wildman–Crippen LogP) is 1.49. The monoisotopic (exact) mass is 174 g/mol. The van der Waals surface area contributed by atoms with E-state index in [2.05, 4.69) is 0 Å². The van der Waals surface area contributed by atoms with E-state index in [1.165, 1.54) is 6.26 Å². The standard InChI is InChI=1S/C8H11FO3/c9-5-4-8(7(10)11)3-1-2-6-12-8/h2,6H,1,3-5H2,(H,10,11). The topological polar surface area (TPSA) is 46.5 Å². The second-order valence-electron chi connectivity index (χ2n) is 2.77. The van der Waals surface area contributed by atoms with Gasteiger partial charge in [-0.15, -0.1) is 0 Å². The molecule has 4 heteroatoms. The number of ether oxygens (including phenoxy) is 1. The molecule has 12 heavy (non-hydrogen) atoms. The van der Waals surface area contributed by atoms with Crippen LogP contribution in [0.5, 0.6) is 0 Å². The van der Waals surface area contributed by atoms with Crippen LogP contribution in [-0.2, 0) is 9.53 Å². The van der Waals surface area contributed by atoms with Gasteiger partial charge in [-0.1, -0.05) is 0 Å². The van der Waals surface area contributed by atoms with E-state index < -0.39 is 18.2 Å². The zero-order valence-electron chi connectivity index (χ0n) is 6.62. The van der Waals surface area contributed by atoms with Crippen molar-refractivity contribution >= 4 is 5.97 Å². The first-order chi connectivity index (χ1) is 5.71. The molecule has 0 aromatic rings. The highest BCUT2D eigenvalue weighted by Crippen LogP contribution is 2.27. The second kappa shape index (κ2) is 3.56. The minimum atomic E-state index is -1.32. The lowest BCUT2D eigenvalue weighted by atomic mass is 9.93. The van der Waals surface area contributed by atoms with Gasteiger partial charge in [-0.05, 0) is 12.5 Å². The fourth-order valence-electron chi connectivity index (χ4n) is 1.22. The zero-order chi connectivity index (χ0) is 9.03. The average molecular weight is 174 g/mol. The van der Waals surface area contributed by atoms with Gasteiger partial charge in [-0.25, -0.2) is 4.79 Å². The lowest BCUT2D eigenvalue weighted by Crippen LogP contribution is -2.42. The molecule has 0 radical (unpaired) electrons. The SMILES string of the molecule is O=C(O)C1(CCF)CCC=CO1. The van der Waals surface area contributed by atoms with Crippen molar-refractivity contribution in [3.63, 3.8) is 0 Å². The number of allylic oxidation sites excluding steroid dienone is 1. The van der Waals surface area contributed by atoms with E-state index in [4.69, 9.17) is 9.84 Å². The lowest BCUT2D eigenvalue weighted by molar-refractivity contribution is -0.162. The Labute approximate surface area is 69.8 Å². The number of hydrogen-bond acceptors (Lipinski definition) is 2. The molecule has 0 saturated carbocycles. The van der Waals surface area contributed by atoms with Gasteiger partial charge in [0.25, 0.3) is 0 Å². The summed E-state index contributed by atoms with van der Waals surface area (Å²) in [5.41, 5.74) is -1.32. The number of hydrogen-bond donors (Lipinski definition) is 1. The van der Waals surface area contributed by atoms with E-state index in [9.17, 15) is 9.18 Å². The van der Waals surface area contributed by atoms with E-state index >= 15 is 0 Å². The van der Waals surface area contributed by atoms with Crippen molar-refractivity contribution in [2.45, 2.75) is 24.9 Å². The molecular formula is C8H11FO3. The highest BCUT2D eigenvalue weighted by Gasteiger charge is 2.40. The molecule has 1 aliphatic heterocycles. The van der Waals surface area contributed by atoms with Crippen LogP contribution in [0.25, 0.3) is 0 Å². The molecule has 0 aromatic heterocycles. The number of carboxylic acids is 1. The summed E-state index contributed by atoms with van der Waals surface area (Å²) in [5.74, 6) is -1.08. The van der Waals surface area contributed by atoms with E-state index in [0.29, 0.717) is 12.8 Å². The number of aliphatic carboxylic acids is 1. The first kappa shape index (κ1) is 9.03. The summed E-state index contributed by atoms with van der Waals surface area (Å²) in [4.78, 5) is 10.7. The summed E-state index contributed by atoms with van der Waals surface area (Å²) in [6.07, 6.45) is 3.98. The van der Waals surface area contributed by atoms with E-state index in [0.717, 1.165) is 0 Å². The maximum Gasteiger partial charge on any atom is 0.348 e. The average Bonchev–Trinajstić information content (AvgIpc) is 2.06. The molecule has 0 saturated heterocycles. The molecule has 1 atom stereocenters. The normalized spacial score (nSPS) is 28.1. The van der Waals surface area contributed by atoms with Crippen LogP contribution in [0.2, 0.25) is 0 Å². The van der Waals surface area contributed by atoms with Gasteiger partial charge in [-0.2, -0.15) is 0 Å². The third kappa shape index (κ3) is 1.57. The van der Waals surface area contributed by atoms with Gasteiger partial charge in [0, 0.05) is 12.8 Å². The zero-order valence-corrected chi connectivity index (χ0v) is 6.62. The summed E-state index contributed by atoms with van der Waals surface area (Å²) in [6.45, 7) is -0.667. The van der Waals surface area contributed by atoms with Crippen molar-refractivity contribution in [3.8, 4) is 0 Å². The van der Waals surface area contributed by atoms with Crippen molar-refractivity contribution in [2.24, 2.45) is 0 Å². The van der Waals surface area contributed by atoms with Crippen LogP contribution in [0.4, 0.5) is 4.39 Å². The Hall–Kier alpha value is -1.06. The van der Waals surface area contributed by atoms with Crippen LogP contribution in [0.15, 0.2) is 12.3 Å². The molecule has 68 valence electrons. The number of carboxylic acid groups (broad SMARTS) is 1. The fourth-order valence-corrected chi connectivity index (χ4v) is 1.22. The van der Waals surface area contributed by atoms with Crippen LogP contribution in [0.1, 0.15) is 19.3 Å². The molecule has 0 amide bonds. The molecule has 1 rings (SSSR count). The molecule has 3 nitrogen and oxygen atoms in total. The van der Waals surface area contributed by atoms with Gasteiger partial charge in [0.05, 0.1) is 12.9 Å². The van der Waals surface area contributed by atoms with Gasteiger partial charge in [0.15, 0.2) is 0 Å². The first-order valence-corrected chi connectivity index (χ1v) is 3.83. The summed E-state index contributed by atoms with van der Waals surface area (Å²) in [6, 6.07) is 0. The van der Waals surface area contributed by atoms with Gasteiger partial charge in [0.2, 0.25) is 5.60 Å². The van der Waals surface area contributed by atoms with Gasteiger partial charge in [-0.3, -0.25) is 4.39 Å². The van der Waals surface area contributed by atoms with Crippen LogP contribution >= 0.6 is 0 Å². The number of alkyl halides is 1. The number of halogens is 1. The second-order valence-corrected chi connectivity index (χ2v) is 2.77. The van der Waals surface area contributed by atoms with Gasteiger partial charge in [0.1, 0.15) is 0 Å². The Bertz CT molecular complexity index is 202. The van der Waals surface area contributed by atoms with Crippen molar-refractivity contribution in [1.82, 2.24) is 0 Å². The smallest absolute Gasteiger partial charge is 0.348 e. The third-order valence-electron chi connectivity index (χ3n) is 1.99. The third-order valence-corrected chi connectivity index (χ3v) is 1.99. The van der Waals surface area contributed by atoms with Gasteiger partial charge < -0.3 is 9.84 Å². The summed E-state index contributed by atoms with van der Waals surface area (Å²) in [7, 11) is 0. The van der Waals surface area contributed by atoms with E-state index in [1.54, 1.807) is 6.08 Å². The van der Waals surface area contributed by atoms with E-state index in [-0.39, 0.29) is 6.42 Å². The van der Waals surface area contributed by atoms with Crippen molar-refractivity contribution in [2.75, 3.05) is 6.67 Å². The summed E-state index contributed by atoms with van der Waals surface area (Å²) in [5, 5.41) is 8.79. The maximum absolute atomic E-state index is 12.0. The van der Waals surface area contributed by atoms with Gasteiger partial charge >= 0.3 is 5.97 Å². The van der Waals surface area contributed by atoms with Crippen molar-refractivity contribution in [1.29, 1.82) is 0 Å². The van der Waals surface area contributed by atoms with Crippen molar-refractivity contribution < 1.29 is 19.0 Å². The minimum Gasteiger partial charge on any atom is -0.483 e. The molecule has 0 aromatic carbocycles. The van der Waals surface area contributed by atoms with Crippen LogP contribution in [0.3, 0.4) is 0 Å². The van der Waals surface area contributed by atoms with Crippen LogP contribution < -0.4 is 0 Å². The molecule has 1 N–H and O–H groups in total. The lowest BCUT2D eigenvalue weighted by Gasteiger charge is -2.29. The highest BCUT2D eigenvalue weighted by atomic mass is 19.1. The molecule has 1 heterocycles. The Morgan fingerprint density at radius 1 is 1.75 bits per heavy atom. The summed E-state index contributed by atoms with van der Waals surface area (Å²) >= 11 is 0. The molecule has 1 aliphatic rings. The minimum absolute atomic E-state index is 0.0767. The fraction of sp³-hybridized carbons (Fsp3) is 0.625. The molecule has 0 bridgehead atoms. The Balaban J connectivity index is 2.71. The molecule has 0 aliphatic carbocycles. The molecule has 1 unspecified atom stereocenters. The van der Waals surface area contributed by atoms with Crippen LogP contribution in [0, 0.1) is 0 Å². The Kier molecular flexibility index (Phi) is 2.68. The Morgan fingerprint density at radius 2 is 2.50 bits per heavy atom. The summed E-state index contributed by atoms with van der Waals surface area (Å²) < 4.78 is 17.0. The molecule has 0 fully saturated rings. The quantitative estimate of drug-likeness (QED) is 0.705. The first-order valence-electron chi connectivity index (χ1n) is 3.83. The van der Waals surface area contributed by atoms with E-state index in [1.807, 2.05) is 0 Å². The van der Waals surface area contributed by atoms with Crippen molar-refractivity contribution in [3.05, 3.63) is 12.3 Å². The highest BCUT2D eigenvalue weighted by molar-refractivity contribution is 5.77. The number of rotatable bonds is 3. The Morgan fingerprint density at radius 3 is 2.92 bits per heavy atom. The predicted molar refractivity (Wildman–Crippen MR) is 40.4 cm³/mol. The molecule has 0 spiro atoms. The van der Waals surface area contributed by atoms with Crippen LogP contribution in [-0.4, -0.2) is 23.4 Å². The molecular weight excluding hydrogens is 163 g/mol.